The maximum absolute atomic E-state index is 8.74. The summed E-state index contributed by atoms with van der Waals surface area (Å²) in [6.07, 6.45) is 0.437. The van der Waals surface area contributed by atoms with Gasteiger partial charge in [-0.3, -0.25) is 0 Å². The second-order valence-electron chi connectivity index (χ2n) is 3.85. The van der Waals surface area contributed by atoms with Crippen LogP contribution < -0.4 is 18.9 Å². The molecule has 7 heteroatoms. The molecule has 106 valence electrons. The number of nitrogens with zero attached hydrogens (tertiary/aromatic N) is 1. The van der Waals surface area contributed by atoms with Crippen LogP contribution in [0.5, 0.6) is 23.0 Å². The molecular formula is C12H16ClNO5. The lowest BCUT2D eigenvalue weighted by atomic mass is 10.1. The molecule has 0 atom stereocenters. The molecule has 1 N–H and O–H groups in total. The Hall–Kier alpha value is -1.82. The largest absolute Gasteiger partial charge is 0.493 e. The van der Waals surface area contributed by atoms with E-state index in [0.717, 1.165) is 5.56 Å². The van der Waals surface area contributed by atoms with Crippen molar-refractivity contribution in [2.45, 2.75) is 13.3 Å². The molecule has 1 aromatic rings. The van der Waals surface area contributed by atoms with Crippen LogP contribution >= 0.6 is 12.4 Å². The normalized spacial score (nSPS) is 12.9. The number of fused-ring (bicyclic) bond motifs is 1. The number of hydrogen-bond acceptors (Lipinski definition) is 6. The van der Waals surface area contributed by atoms with Crippen LogP contribution in [-0.2, 0) is 6.42 Å². The summed E-state index contributed by atoms with van der Waals surface area (Å²) in [5, 5.41) is 11.9. The summed E-state index contributed by atoms with van der Waals surface area (Å²) in [5.41, 5.74) is 1.38. The monoisotopic (exact) mass is 289 g/mol. The second kappa shape index (κ2) is 6.38. The summed E-state index contributed by atoms with van der Waals surface area (Å²) in [5.74, 6) is 2.21. The molecule has 0 unspecified atom stereocenters. The van der Waals surface area contributed by atoms with Crippen LogP contribution in [0.1, 0.15) is 12.5 Å². The third-order valence-corrected chi connectivity index (χ3v) is 2.68. The first-order valence-corrected chi connectivity index (χ1v) is 5.42. The number of rotatable bonds is 4. The topological polar surface area (TPSA) is 69.5 Å². The van der Waals surface area contributed by atoms with Crippen molar-refractivity contribution in [3.63, 3.8) is 0 Å². The number of halogens is 1. The Morgan fingerprint density at radius 3 is 2.58 bits per heavy atom. The first kappa shape index (κ1) is 15.2. The Kier molecular flexibility index (Phi) is 5.11. The molecule has 1 heterocycles. The molecule has 19 heavy (non-hydrogen) atoms. The molecule has 2 rings (SSSR count). The van der Waals surface area contributed by atoms with Crippen molar-refractivity contribution >= 4 is 18.1 Å². The summed E-state index contributed by atoms with van der Waals surface area (Å²) in [7, 11) is 3.11. The molecule has 0 radical (unpaired) electrons. The summed E-state index contributed by atoms with van der Waals surface area (Å²) >= 11 is 0. The van der Waals surface area contributed by atoms with E-state index in [1.54, 1.807) is 27.2 Å². The van der Waals surface area contributed by atoms with Crippen molar-refractivity contribution < 1.29 is 24.2 Å². The molecule has 0 bridgehead atoms. The molecule has 1 aliphatic heterocycles. The quantitative estimate of drug-likeness (QED) is 0.523. The lowest BCUT2D eigenvalue weighted by Gasteiger charge is -2.13. The van der Waals surface area contributed by atoms with E-state index in [0.29, 0.717) is 35.1 Å². The molecule has 0 spiro atoms. The zero-order chi connectivity index (χ0) is 13.1. The maximum Gasteiger partial charge on any atom is 0.231 e. The van der Waals surface area contributed by atoms with Crippen molar-refractivity contribution in [1.82, 2.24) is 0 Å². The summed E-state index contributed by atoms with van der Waals surface area (Å²) < 4.78 is 21.3. The average molecular weight is 290 g/mol. The highest BCUT2D eigenvalue weighted by Gasteiger charge is 2.27. The van der Waals surface area contributed by atoms with Gasteiger partial charge in [0.15, 0.2) is 11.5 Å². The zero-order valence-electron chi connectivity index (χ0n) is 10.9. The van der Waals surface area contributed by atoms with Gasteiger partial charge in [-0.25, -0.2) is 0 Å². The van der Waals surface area contributed by atoms with Gasteiger partial charge >= 0.3 is 0 Å². The highest BCUT2D eigenvalue weighted by molar-refractivity contribution is 5.85. The minimum Gasteiger partial charge on any atom is -0.493 e. The SMILES string of the molecule is COc1cc(C/C(C)=N/O)c(OC)c2c1OCO2.Cl. The van der Waals surface area contributed by atoms with Crippen LogP contribution in [0.3, 0.4) is 0 Å². The zero-order valence-corrected chi connectivity index (χ0v) is 11.7. The molecule has 0 saturated heterocycles. The second-order valence-corrected chi connectivity index (χ2v) is 3.85. The van der Waals surface area contributed by atoms with Gasteiger partial charge in [0.25, 0.3) is 0 Å². The van der Waals surface area contributed by atoms with Crippen molar-refractivity contribution in [2.24, 2.45) is 5.16 Å². The molecular weight excluding hydrogens is 274 g/mol. The summed E-state index contributed by atoms with van der Waals surface area (Å²) in [4.78, 5) is 0. The van der Waals surface area contributed by atoms with E-state index in [9.17, 15) is 0 Å². The van der Waals surface area contributed by atoms with Crippen LogP contribution in [-0.4, -0.2) is 31.9 Å². The fraction of sp³-hybridized carbons (Fsp3) is 0.417. The highest BCUT2D eigenvalue weighted by Crippen LogP contribution is 2.49. The third kappa shape index (κ3) is 2.78. The van der Waals surface area contributed by atoms with E-state index >= 15 is 0 Å². The Morgan fingerprint density at radius 1 is 1.32 bits per heavy atom. The maximum atomic E-state index is 8.74. The molecule has 0 fully saturated rings. The Bertz CT molecular complexity index is 489. The van der Waals surface area contributed by atoms with Gasteiger partial charge in [-0.15, -0.1) is 12.4 Å². The van der Waals surface area contributed by atoms with Gasteiger partial charge in [-0.1, -0.05) is 5.16 Å². The first-order valence-electron chi connectivity index (χ1n) is 5.42. The third-order valence-electron chi connectivity index (χ3n) is 2.68. The fourth-order valence-electron chi connectivity index (χ4n) is 1.88. The Labute approximate surface area is 117 Å². The van der Waals surface area contributed by atoms with Crippen molar-refractivity contribution in [2.75, 3.05) is 21.0 Å². The minimum atomic E-state index is 0. The molecule has 0 aliphatic carbocycles. The van der Waals surface area contributed by atoms with E-state index in [-0.39, 0.29) is 19.2 Å². The minimum absolute atomic E-state index is 0. The van der Waals surface area contributed by atoms with Gasteiger partial charge < -0.3 is 24.2 Å². The van der Waals surface area contributed by atoms with Crippen molar-refractivity contribution in [1.29, 1.82) is 0 Å². The van der Waals surface area contributed by atoms with Gasteiger partial charge in [-0.05, 0) is 13.0 Å². The number of oxime groups is 1. The highest BCUT2D eigenvalue weighted by atomic mass is 35.5. The van der Waals surface area contributed by atoms with Gasteiger partial charge in [-0.2, -0.15) is 0 Å². The van der Waals surface area contributed by atoms with E-state index in [2.05, 4.69) is 5.16 Å². The average Bonchev–Trinajstić information content (AvgIpc) is 2.86. The molecule has 0 saturated carbocycles. The molecule has 1 aliphatic rings. The standard InChI is InChI=1S/C12H15NO5.ClH/c1-7(13-14)4-8-5-9(15-2)11-12(10(8)16-3)18-6-17-11;/h5,14H,4,6H2,1-3H3;1H/b13-7+;. The molecule has 0 aromatic heterocycles. The predicted molar refractivity (Wildman–Crippen MR) is 71.5 cm³/mol. The van der Waals surface area contributed by atoms with Crippen LogP contribution in [0.25, 0.3) is 0 Å². The van der Waals surface area contributed by atoms with E-state index < -0.39 is 0 Å². The molecule has 1 aromatic carbocycles. The van der Waals surface area contributed by atoms with Crippen LogP contribution in [0.4, 0.5) is 0 Å². The van der Waals surface area contributed by atoms with Gasteiger partial charge in [0.1, 0.15) is 0 Å². The smallest absolute Gasteiger partial charge is 0.231 e. The van der Waals surface area contributed by atoms with Crippen molar-refractivity contribution in [3.8, 4) is 23.0 Å². The van der Waals surface area contributed by atoms with Gasteiger partial charge in [0.2, 0.25) is 18.3 Å². The first-order chi connectivity index (χ1) is 8.71. The lowest BCUT2D eigenvalue weighted by molar-refractivity contribution is 0.168. The molecule has 0 amide bonds. The Balaban J connectivity index is 0.00000180. The van der Waals surface area contributed by atoms with Crippen molar-refractivity contribution in [3.05, 3.63) is 11.6 Å². The fourth-order valence-corrected chi connectivity index (χ4v) is 1.88. The van der Waals surface area contributed by atoms with Crippen LogP contribution in [0, 0.1) is 0 Å². The summed E-state index contributed by atoms with van der Waals surface area (Å²) in [6.45, 7) is 1.86. The van der Waals surface area contributed by atoms with E-state index in [4.69, 9.17) is 24.2 Å². The van der Waals surface area contributed by atoms with E-state index in [1.165, 1.54) is 0 Å². The van der Waals surface area contributed by atoms with Crippen LogP contribution in [0.15, 0.2) is 11.2 Å². The number of benzene rings is 1. The van der Waals surface area contributed by atoms with Gasteiger partial charge in [0, 0.05) is 12.0 Å². The van der Waals surface area contributed by atoms with Gasteiger partial charge in [0.05, 0.1) is 19.9 Å². The molecule has 6 nitrogen and oxygen atoms in total. The van der Waals surface area contributed by atoms with Crippen LogP contribution in [0.2, 0.25) is 0 Å². The Morgan fingerprint density at radius 2 is 2.00 bits per heavy atom. The predicted octanol–water partition coefficient (Wildman–Crippen LogP) is 2.25. The lowest BCUT2D eigenvalue weighted by Crippen LogP contribution is -2.02. The summed E-state index contributed by atoms with van der Waals surface area (Å²) in [6, 6.07) is 1.79. The van der Waals surface area contributed by atoms with E-state index in [1.807, 2.05) is 0 Å². The number of methoxy groups -OCH3 is 2. The number of ether oxygens (including phenoxy) is 4. The number of hydrogen-bond donors (Lipinski definition) is 1.